The van der Waals surface area contributed by atoms with Crippen LogP contribution < -0.4 is 5.32 Å². The Hall–Kier alpha value is -2.51. The molecule has 2 aromatic rings. The van der Waals surface area contributed by atoms with Crippen molar-refractivity contribution in [3.05, 3.63) is 43.0 Å². The van der Waals surface area contributed by atoms with E-state index in [1.807, 2.05) is 0 Å². The summed E-state index contributed by atoms with van der Waals surface area (Å²) in [6.07, 6.45) is -0.874. The number of benzene rings is 1. The highest BCUT2D eigenvalue weighted by Gasteiger charge is 2.29. The van der Waals surface area contributed by atoms with E-state index in [0.29, 0.717) is 11.4 Å². The molecule has 1 heterocycles. The first-order valence-corrected chi connectivity index (χ1v) is 5.53. The van der Waals surface area contributed by atoms with Crippen LogP contribution in [-0.2, 0) is 4.74 Å². The zero-order valence-electron chi connectivity index (χ0n) is 10.1. The Balaban J connectivity index is 2.00. The van der Waals surface area contributed by atoms with Gasteiger partial charge in [0.25, 0.3) is 0 Å². The average Bonchev–Trinajstić information content (AvgIpc) is 2.90. The maximum absolute atomic E-state index is 11.9. The number of anilines is 1. The van der Waals surface area contributed by atoms with Gasteiger partial charge in [0.2, 0.25) is 0 Å². The van der Waals surface area contributed by atoms with Crippen molar-refractivity contribution in [3.8, 4) is 5.69 Å². The number of hydrogen-bond acceptors (Lipinski definition) is 3. The van der Waals surface area contributed by atoms with Crippen molar-refractivity contribution in [2.45, 2.75) is 6.18 Å². The summed E-state index contributed by atoms with van der Waals surface area (Å²) in [5.41, 5.74) is 1.03. The van der Waals surface area contributed by atoms with Gasteiger partial charge in [-0.25, -0.2) is 9.78 Å². The number of carbonyl (C=O) groups excluding carboxylic acids is 1. The standard InChI is InChI=1S/C12H10F3N3O2/c13-12(14,15)7-20-11(19)17-9-2-1-3-10(6-9)18-5-4-16-8-18/h1-6,8H,7H2,(H,17,19). The highest BCUT2D eigenvalue weighted by molar-refractivity contribution is 5.85. The van der Waals surface area contributed by atoms with Gasteiger partial charge in [0.15, 0.2) is 6.61 Å². The third kappa shape index (κ3) is 4.01. The lowest BCUT2D eigenvalue weighted by Crippen LogP contribution is -2.23. The summed E-state index contributed by atoms with van der Waals surface area (Å²) in [5.74, 6) is 0. The van der Waals surface area contributed by atoms with Crippen LogP contribution in [0.2, 0.25) is 0 Å². The third-order valence-corrected chi connectivity index (χ3v) is 2.26. The molecule has 1 aromatic heterocycles. The molecule has 0 spiro atoms. The van der Waals surface area contributed by atoms with E-state index in [-0.39, 0.29) is 0 Å². The Labute approximate surface area is 112 Å². The van der Waals surface area contributed by atoms with Gasteiger partial charge in [-0.05, 0) is 18.2 Å². The number of imidazole rings is 1. The largest absolute Gasteiger partial charge is 0.440 e. The topological polar surface area (TPSA) is 56.2 Å². The van der Waals surface area contributed by atoms with Gasteiger partial charge in [-0.1, -0.05) is 6.07 Å². The van der Waals surface area contributed by atoms with Crippen LogP contribution in [0.5, 0.6) is 0 Å². The summed E-state index contributed by atoms with van der Waals surface area (Å²) in [7, 11) is 0. The monoisotopic (exact) mass is 285 g/mol. The summed E-state index contributed by atoms with van der Waals surface area (Å²) in [6.45, 7) is -1.62. The van der Waals surface area contributed by atoms with Crippen LogP contribution in [0.15, 0.2) is 43.0 Å². The Morgan fingerprint density at radius 1 is 1.40 bits per heavy atom. The second kappa shape index (κ2) is 5.64. The Kier molecular flexibility index (Phi) is 3.92. The SMILES string of the molecule is O=C(Nc1cccc(-n2ccnc2)c1)OCC(F)(F)F. The van der Waals surface area contributed by atoms with E-state index >= 15 is 0 Å². The lowest BCUT2D eigenvalue weighted by atomic mass is 10.3. The summed E-state index contributed by atoms with van der Waals surface area (Å²) in [4.78, 5) is 15.1. The highest BCUT2D eigenvalue weighted by Crippen LogP contribution is 2.17. The molecule has 1 N–H and O–H groups in total. The molecule has 0 bridgehead atoms. The normalized spacial score (nSPS) is 11.2. The molecule has 0 radical (unpaired) electrons. The van der Waals surface area contributed by atoms with Gasteiger partial charge in [0.1, 0.15) is 0 Å². The predicted octanol–water partition coefficient (Wildman–Crippen LogP) is 2.98. The molecular formula is C12H10F3N3O2. The number of amides is 1. The fourth-order valence-corrected chi connectivity index (χ4v) is 1.46. The van der Waals surface area contributed by atoms with Crippen LogP contribution >= 0.6 is 0 Å². The number of ether oxygens (including phenoxy) is 1. The molecule has 0 saturated heterocycles. The fourth-order valence-electron chi connectivity index (χ4n) is 1.46. The van der Waals surface area contributed by atoms with Crippen LogP contribution in [0.25, 0.3) is 5.69 Å². The molecule has 1 aromatic carbocycles. The lowest BCUT2D eigenvalue weighted by molar-refractivity contribution is -0.159. The van der Waals surface area contributed by atoms with E-state index in [1.165, 1.54) is 6.07 Å². The van der Waals surface area contributed by atoms with Crippen LogP contribution in [-0.4, -0.2) is 28.4 Å². The Morgan fingerprint density at radius 3 is 2.85 bits per heavy atom. The van der Waals surface area contributed by atoms with Crippen LogP contribution in [0.4, 0.5) is 23.7 Å². The van der Waals surface area contributed by atoms with Gasteiger partial charge in [0.05, 0.1) is 6.33 Å². The molecule has 0 aliphatic carbocycles. The molecule has 1 amide bonds. The molecule has 20 heavy (non-hydrogen) atoms. The number of rotatable bonds is 3. The summed E-state index contributed by atoms with van der Waals surface area (Å²) >= 11 is 0. The van der Waals surface area contributed by atoms with Gasteiger partial charge in [0, 0.05) is 23.8 Å². The summed E-state index contributed by atoms with van der Waals surface area (Å²) in [6, 6.07) is 6.52. The molecule has 8 heteroatoms. The molecule has 0 unspecified atom stereocenters. The highest BCUT2D eigenvalue weighted by atomic mass is 19.4. The van der Waals surface area contributed by atoms with Crippen molar-refractivity contribution in [3.63, 3.8) is 0 Å². The number of nitrogens with zero attached hydrogens (tertiary/aromatic N) is 2. The van der Waals surface area contributed by atoms with Gasteiger partial charge in [-0.15, -0.1) is 0 Å². The second-order valence-corrected chi connectivity index (χ2v) is 3.84. The van der Waals surface area contributed by atoms with Crippen molar-refractivity contribution >= 4 is 11.8 Å². The number of hydrogen-bond donors (Lipinski definition) is 1. The smallest absolute Gasteiger partial charge is 0.422 e. The number of alkyl halides is 3. The molecule has 0 aliphatic heterocycles. The zero-order valence-corrected chi connectivity index (χ0v) is 10.1. The number of aromatic nitrogens is 2. The van der Waals surface area contributed by atoms with Crippen molar-refractivity contribution in [1.29, 1.82) is 0 Å². The molecular weight excluding hydrogens is 275 g/mol. The molecule has 106 valence electrons. The second-order valence-electron chi connectivity index (χ2n) is 3.84. The molecule has 0 atom stereocenters. The Bertz CT molecular complexity index is 582. The molecule has 0 fully saturated rings. The van der Waals surface area contributed by atoms with E-state index < -0.39 is 18.9 Å². The number of halogens is 3. The minimum absolute atomic E-state index is 0.323. The van der Waals surface area contributed by atoms with E-state index in [9.17, 15) is 18.0 Å². The molecule has 5 nitrogen and oxygen atoms in total. The van der Waals surface area contributed by atoms with Crippen LogP contribution in [0.3, 0.4) is 0 Å². The van der Waals surface area contributed by atoms with E-state index in [2.05, 4.69) is 15.0 Å². The maximum atomic E-state index is 11.9. The first kappa shape index (κ1) is 13.9. The first-order valence-electron chi connectivity index (χ1n) is 5.53. The van der Waals surface area contributed by atoms with E-state index in [1.54, 1.807) is 41.5 Å². The van der Waals surface area contributed by atoms with Crippen LogP contribution in [0.1, 0.15) is 0 Å². The zero-order chi connectivity index (χ0) is 14.6. The van der Waals surface area contributed by atoms with Crippen molar-refractivity contribution in [1.82, 2.24) is 9.55 Å². The number of carbonyl (C=O) groups is 1. The maximum Gasteiger partial charge on any atom is 0.422 e. The quantitative estimate of drug-likeness (QED) is 0.943. The number of nitrogens with one attached hydrogen (secondary N) is 1. The lowest BCUT2D eigenvalue weighted by Gasteiger charge is -2.10. The fraction of sp³-hybridized carbons (Fsp3) is 0.167. The summed E-state index contributed by atoms with van der Waals surface area (Å²) in [5, 5.41) is 2.22. The average molecular weight is 285 g/mol. The molecule has 0 aliphatic rings. The predicted molar refractivity (Wildman–Crippen MR) is 64.6 cm³/mol. The van der Waals surface area contributed by atoms with Crippen molar-refractivity contribution in [2.75, 3.05) is 11.9 Å². The van der Waals surface area contributed by atoms with E-state index in [4.69, 9.17) is 0 Å². The van der Waals surface area contributed by atoms with Gasteiger partial charge < -0.3 is 9.30 Å². The van der Waals surface area contributed by atoms with Crippen molar-refractivity contribution < 1.29 is 22.7 Å². The van der Waals surface area contributed by atoms with Crippen LogP contribution in [0, 0.1) is 0 Å². The minimum atomic E-state index is -4.55. The third-order valence-electron chi connectivity index (χ3n) is 2.26. The van der Waals surface area contributed by atoms with Gasteiger partial charge in [-0.3, -0.25) is 5.32 Å². The Morgan fingerprint density at radius 2 is 2.20 bits per heavy atom. The van der Waals surface area contributed by atoms with E-state index in [0.717, 1.165) is 0 Å². The van der Waals surface area contributed by atoms with Crippen molar-refractivity contribution in [2.24, 2.45) is 0 Å². The minimum Gasteiger partial charge on any atom is -0.440 e. The molecule has 0 saturated carbocycles. The molecule has 2 rings (SSSR count). The summed E-state index contributed by atoms with van der Waals surface area (Å²) < 4.78 is 41.4. The van der Waals surface area contributed by atoms with Gasteiger partial charge in [-0.2, -0.15) is 13.2 Å². The first-order chi connectivity index (χ1) is 9.44. The van der Waals surface area contributed by atoms with Gasteiger partial charge >= 0.3 is 12.3 Å².